The summed E-state index contributed by atoms with van der Waals surface area (Å²) < 4.78 is 0. The zero-order valence-corrected chi connectivity index (χ0v) is 13.5. The van der Waals surface area contributed by atoms with Gasteiger partial charge in [-0.1, -0.05) is 41.0 Å². The van der Waals surface area contributed by atoms with E-state index in [0.717, 1.165) is 19.3 Å². The van der Waals surface area contributed by atoms with Crippen molar-refractivity contribution in [1.29, 1.82) is 0 Å². The molecule has 0 aromatic carbocycles. The summed E-state index contributed by atoms with van der Waals surface area (Å²) in [5, 5.41) is 2.87. The van der Waals surface area contributed by atoms with Crippen molar-refractivity contribution in [3.63, 3.8) is 0 Å². The number of amides is 2. The van der Waals surface area contributed by atoms with Gasteiger partial charge in [-0.3, -0.25) is 9.59 Å². The molecule has 114 valence electrons. The molecule has 2 rings (SSSR count). The number of hydrogen-bond donors (Lipinski definition) is 1. The van der Waals surface area contributed by atoms with E-state index in [4.69, 9.17) is 0 Å². The zero-order chi connectivity index (χ0) is 15.1. The van der Waals surface area contributed by atoms with Gasteiger partial charge in [0, 0.05) is 6.04 Å². The van der Waals surface area contributed by atoms with Crippen LogP contribution in [0.4, 0.5) is 0 Å². The normalized spacial score (nSPS) is 31.1. The summed E-state index contributed by atoms with van der Waals surface area (Å²) in [7, 11) is 0. The van der Waals surface area contributed by atoms with Gasteiger partial charge in [0.05, 0.1) is 6.54 Å². The second-order valence-electron chi connectivity index (χ2n) is 8.25. The minimum Gasteiger partial charge on any atom is -0.342 e. The highest BCUT2D eigenvalue weighted by Crippen LogP contribution is 2.38. The lowest BCUT2D eigenvalue weighted by atomic mass is 9.74. The first-order valence-electron chi connectivity index (χ1n) is 7.70. The number of hydrogen-bond acceptors (Lipinski definition) is 2. The van der Waals surface area contributed by atoms with Gasteiger partial charge in [0.2, 0.25) is 11.8 Å². The van der Waals surface area contributed by atoms with Crippen LogP contribution in [-0.4, -0.2) is 35.3 Å². The molecule has 20 heavy (non-hydrogen) atoms. The summed E-state index contributed by atoms with van der Waals surface area (Å²) in [5.74, 6) is 0.0766. The van der Waals surface area contributed by atoms with Crippen LogP contribution in [0.1, 0.15) is 60.3 Å². The van der Waals surface area contributed by atoms with Crippen LogP contribution in [0.5, 0.6) is 0 Å². The number of carbonyl (C=O) groups is 2. The van der Waals surface area contributed by atoms with Crippen molar-refractivity contribution in [2.24, 2.45) is 10.8 Å². The average Bonchev–Trinajstić information content (AvgIpc) is 2.29. The van der Waals surface area contributed by atoms with Crippen molar-refractivity contribution in [3.8, 4) is 0 Å². The number of piperazine rings is 1. The minimum absolute atomic E-state index is 0.0205. The third kappa shape index (κ3) is 3.15. The molecule has 2 aliphatic rings. The SMILES string of the molecule is CC1(C)CCCC(N2CC(=O)NC(C(C)(C)C)C2=O)C1. The molecule has 4 heteroatoms. The van der Waals surface area contributed by atoms with Crippen LogP contribution in [0.15, 0.2) is 0 Å². The quantitative estimate of drug-likeness (QED) is 0.801. The Bertz CT molecular complexity index is 409. The van der Waals surface area contributed by atoms with Crippen molar-refractivity contribution in [2.75, 3.05) is 6.54 Å². The first-order chi connectivity index (χ1) is 9.10. The predicted molar refractivity (Wildman–Crippen MR) is 79.1 cm³/mol. The standard InChI is InChI=1S/C16H28N2O2/c1-15(2,3)13-14(20)18(10-12(19)17-13)11-7-6-8-16(4,5)9-11/h11,13H,6-10H2,1-5H3,(H,17,19). The molecule has 0 aromatic heterocycles. The van der Waals surface area contributed by atoms with Crippen LogP contribution in [0.3, 0.4) is 0 Å². The highest BCUT2D eigenvalue weighted by atomic mass is 16.2. The van der Waals surface area contributed by atoms with Gasteiger partial charge >= 0.3 is 0 Å². The monoisotopic (exact) mass is 280 g/mol. The molecular formula is C16H28N2O2. The van der Waals surface area contributed by atoms with Crippen molar-refractivity contribution >= 4 is 11.8 Å². The largest absolute Gasteiger partial charge is 0.342 e. The smallest absolute Gasteiger partial charge is 0.246 e. The first-order valence-corrected chi connectivity index (χ1v) is 7.70. The van der Waals surface area contributed by atoms with Gasteiger partial charge in [0.15, 0.2) is 0 Å². The molecule has 1 saturated carbocycles. The van der Waals surface area contributed by atoms with Crippen LogP contribution in [0.25, 0.3) is 0 Å². The lowest BCUT2D eigenvalue weighted by Gasteiger charge is -2.46. The molecule has 1 heterocycles. The van der Waals surface area contributed by atoms with E-state index < -0.39 is 6.04 Å². The van der Waals surface area contributed by atoms with Gasteiger partial charge in [0.25, 0.3) is 0 Å². The molecule has 4 nitrogen and oxygen atoms in total. The van der Waals surface area contributed by atoms with Gasteiger partial charge in [-0.2, -0.15) is 0 Å². The van der Waals surface area contributed by atoms with E-state index in [0.29, 0.717) is 0 Å². The van der Waals surface area contributed by atoms with Gasteiger partial charge < -0.3 is 10.2 Å². The van der Waals surface area contributed by atoms with Crippen molar-refractivity contribution in [2.45, 2.75) is 72.4 Å². The number of carbonyl (C=O) groups excluding carboxylic acids is 2. The average molecular weight is 280 g/mol. The second kappa shape index (κ2) is 5.05. The van der Waals surface area contributed by atoms with E-state index in [-0.39, 0.29) is 35.2 Å². The molecule has 2 amide bonds. The Morgan fingerprint density at radius 2 is 1.90 bits per heavy atom. The Labute approximate surface area is 122 Å². The summed E-state index contributed by atoms with van der Waals surface area (Å²) in [6.07, 6.45) is 4.38. The van der Waals surface area contributed by atoms with E-state index in [1.54, 1.807) is 0 Å². The Balaban J connectivity index is 2.18. The summed E-state index contributed by atoms with van der Waals surface area (Å²) in [6, 6.07) is -0.170. The zero-order valence-electron chi connectivity index (χ0n) is 13.5. The molecule has 2 fully saturated rings. The minimum atomic E-state index is -0.395. The van der Waals surface area contributed by atoms with E-state index in [1.807, 2.05) is 25.7 Å². The van der Waals surface area contributed by atoms with E-state index in [9.17, 15) is 9.59 Å². The molecule has 1 aliphatic heterocycles. The Morgan fingerprint density at radius 3 is 2.45 bits per heavy atom. The molecular weight excluding hydrogens is 252 g/mol. The fraction of sp³-hybridized carbons (Fsp3) is 0.875. The Morgan fingerprint density at radius 1 is 1.25 bits per heavy atom. The third-order valence-electron chi connectivity index (χ3n) is 4.64. The second-order valence-corrected chi connectivity index (χ2v) is 8.25. The number of nitrogens with zero attached hydrogens (tertiary/aromatic N) is 1. The topological polar surface area (TPSA) is 49.4 Å². The maximum Gasteiger partial charge on any atom is 0.246 e. The van der Waals surface area contributed by atoms with E-state index >= 15 is 0 Å². The maximum absolute atomic E-state index is 12.7. The van der Waals surface area contributed by atoms with Crippen molar-refractivity contribution in [1.82, 2.24) is 10.2 Å². The number of nitrogens with one attached hydrogen (secondary N) is 1. The Hall–Kier alpha value is -1.06. The van der Waals surface area contributed by atoms with Gasteiger partial charge in [0.1, 0.15) is 6.04 Å². The first kappa shape index (κ1) is 15.3. The molecule has 1 N–H and O–H groups in total. The molecule has 1 saturated heterocycles. The van der Waals surface area contributed by atoms with E-state index in [2.05, 4.69) is 19.2 Å². The van der Waals surface area contributed by atoms with Crippen LogP contribution in [-0.2, 0) is 9.59 Å². The molecule has 0 spiro atoms. The summed E-state index contributed by atoms with van der Waals surface area (Å²) in [6.45, 7) is 10.8. The third-order valence-corrected chi connectivity index (χ3v) is 4.64. The summed E-state index contributed by atoms with van der Waals surface area (Å²) in [4.78, 5) is 26.6. The Kier molecular flexibility index (Phi) is 3.87. The predicted octanol–water partition coefficient (Wildman–Crippen LogP) is 2.33. The number of rotatable bonds is 1. The lowest BCUT2D eigenvalue weighted by molar-refractivity contribution is -0.151. The highest BCUT2D eigenvalue weighted by molar-refractivity contribution is 5.95. The maximum atomic E-state index is 12.7. The van der Waals surface area contributed by atoms with Crippen LogP contribution in [0, 0.1) is 10.8 Å². The van der Waals surface area contributed by atoms with Gasteiger partial charge in [-0.15, -0.1) is 0 Å². The van der Waals surface area contributed by atoms with E-state index in [1.165, 1.54) is 6.42 Å². The van der Waals surface area contributed by atoms with Gasteiger partial charge in [-0.25, -0.2) is 0 Å². The fourth-order valence-electron chi connectivity index (χ4n) is 3.49. The lowest BCUT2D eigenvalue weighted by Crippen LogP contribution is -2.64. The fourth-order valence-corrected chi connectivity index (χ4v) is 3.49. The van der Waals surface area contributed by atoms with Crippen LogP contribution >= 0.6 is 0 Å². The molecule has 0 radical (unpaired) electrons. The molecule has 2 unspecified atom stereocenters. The van der Waals surface area contributed by atoms with Gasteiger partial charge in [-0.05, 0) is 30.1 Å². The molecule has 1 aliphatic carbocycles. The summed E-state index contributed by atoms with van der Waals surface area (Å²) in [5.41, 5.74) is 0.0317. The molecule has 0 bridgehead atoms. The van der Waals surface area contributed by atoms with Crippen molar-refractivity contribution in [3.05, 3.63) is 0 Å². The molecule has 2 atom stereocenters. The van der Waals surface area contributed by atoms with Crippen LogP contribution < -0.4 is 5.32 Å². The van der Waals surface area contributed by atoms with Crippen molar-refractivity contribution < 1.29 is 9.59 Å². The van der Waals surface area contributed by atoms with Crippen LogP contribution in [0.2, 0.25) is 0 Å². The highest BCUT2D eigenvalue weighted by Gasteiger charge is 2.43. The summed E-state index contributed by atoms with van der Waals surface area (Å²) >= 11 is 0. The molecule has 0 aromatic rings.